The number of hydrogen-bond donors (Lipinski definition) is 1. The quantitative estimate of drug-likeness (QED) is 0.587. The number of unbranched alkanes of at least 4 members (excludes halogenated alkanes) is 3. The summed E-state index contributed by atoms with van der Waals surface area (Å²) in [5, 5.41) is 10.4. The highest BCUT2D eigenvalue weighted by atomic mass is 16.3. The van der Waals surface area contributed by atoms with Gasteiger partial charge in [-0.1, -0.05) is 88.1 Å². The van der Waals surface area contributed by atoms with E-state index in [1.807, 2.05) is 18.2 Å². The molecular formula is C21H28O. The molecule has 1 nitrogen and oxygen atoms in total. The van der Waals surface area contributed by atoms with Crippen molar-refractivity contribution < 1.29 is 5.11 Å². The minimum atomic E-state index is -0.0830. The number of rotatable bonds is 8. The Morgan fingerprint density at radius 3 is 2.14 bits per heavy atom. The van der Waals surface area contributed by atoms with E-state index < -0.39 is 0 Å². The number of para-hydroxylation sites is 1. The van der Waals surface area contributed by atoms with Crippen LogP contribution in [0, 0.1) is 0 Å². The third kappa shape index (κ3) is 3.52. The summed E-state index contributed by atoms with van der Waals surface area (Å²) in [5.41, 5.74) is 2.30. The fraction of sp³-hybridized carbons (Fsp3) is 0.429. The molecule has 0 fully saturated rings. The van der Waals surface area contributed by atoms with Crippen molar-refractivity contribution in [2.75, 3.05) is 0 Å². The van der Waals surface area contributed by atoms with E-state index in [9.17, 15) is 5.11 Å². The van der Waals surface area contributed by atoms with Crippen molar-refractivity contribution in [1.29, 1.82) is 0 Å². The van der Waals surface area contributed by atoms with E-state index in [1.54, 1.807) is 0 Å². The SMILES string of the molecule is CCCCCCC(CC)(c1ccccc1)c1ccccc1O. The van der Waals surface area contributed by atoms with Crippen molar-refractivity contribution in [1.82, 2.24) is 0 Å². The molecule has 1 heteroatoms. The molecule has 0 saturated heterocycles. The Morgan fingerprint density at radius 2 is 1.50 bits per heavy atom. The van der Waals surface area contributed by atoms with E-state index in [0.29, 0.717) is 5.75 Å². The lowest BCUT2D eigenvalue weighted by atomic mass is 9.69. The molecule has 0 bridgehead atoms. The Labute approximate surface area is 135 Å². The number of aromatic hydroxyl groups is 1. The van der Waals surface area contributed by atoms with Crippen LogP contribution in [0.3, 0.4) is 0 Å². The maximum absolute atomic E-state index is 10.4. The number of benzene rings is 2. The predicted molar refractivity (Wildman–Crippen MR) is 94.4 cm³/mol. The number of phenolic OH excluding ortho intramolecular Hbond substituents is 1. The van der Waals surface area contributed by atoms with Gasteiger partial charge in [-0.25, -0.2) is 0 Å². The van der Waals surface area contributed by atoms with Crippen molar-refractivity contribution >= 4 is 0 Å². The zero-order chi connectivity index (χ0) is 15.8. The van der Waals surface area contributed by atoms with Gasteiger partial charge in [-0.3, -0.25) is 0 Å². The smallest absolute Gasteiger partial charge is 0.119 e. The molecule has 0 aliphatic heterocycles. The molecule has 0 aromatic heterocycles. The van der Waals surface area contributed by atoms with Crippen LogP contribution in [-0.2, 0) is 5.41 Å². The third-order valence-electron chi connectivity index (χ3n) is 4.81. The molecule has 22 heavy (non-hydrogen) atoms. The summed E-state index contributed by atoms with van der Waals surface area (Å²) < 4.78 is 0. The normalized spacial score (nSPS) is 13.7. The summed E-state index contributed by atoms with van der Waals surface area (Å²) >= 11 is 0. The summed E-state index contributed by atoms with van der Waals surface area (Å²) in [5.74, 6) is 0.420. The zero-order valence-corrected chi connectivity index (χ0v) is 13.9. The van der Waals surface area contributed by atoms with Gasteiger partial charge in [0, 0.05) is 11.0 Å². The monoisotopic (exact) mass is 296 g/mol. The molecule has 118 valence electrons. The van der Waals surface area contributed by atoms with Crippen LogP contribution in [0.25, 0.3) is 0 Å². The van der Waals surface area contributed by atoms with Crippen molar-refractivity contribution in [2.24, 2.45) is 0 Å². The Hall–Kier alpha value is -1.76. The highest BCUT2D eigenvalue weighted by molar-refractivity contribution is 5.46. The first-order valence-electron chi connectivity index (χ1n) is 8.58. The van der Waals surface area contributed by atoms with Crippen LogP contribution in [0.1, 0.15) is 63.5 Å². The number of hydrogen-bond acceptors (Lipinski definition) is 1. The van der Waals surface area contributed by atoms with E-state index in [0.717, 1.165) is 18.4 Å². The van der Waals surface area contributed by atoms with Crippen LogP contribution in [-0.4, -0.2) is 5.11 Å². The molecule has 0 radical (unpaired) electrons. The van der Waals surface area contributed by atoms with Gasteiger partial charge in [0.05, 0.1) is 0 Å². The molecule has 1 atom stereocenters. The van der Waals surface area contributed by atoms with Gasteiger partial charge in [0.25, 0.3) is 0 Å². The molecule has 2 aromatic rings. The lowest BCUT2D eigenvalue weighted by molar-refractivity contribution is 0.395. The fourth-order valence-corrected chi connectivity index (χ4v) is 3.49. The van der Waals surface area contributed by atoms with Crippen molar-refractivity contribution in [3.05, 3.63) is 65.7 Å². The maximum Gasteiger partial charge on any atom is 0.119 e. The lowest BCUT2D eigenvalue weighted by Gasteiger charge is -2.35. The highest BCUT2D eigenvalue weighted by Crippen LogP contribution is 2.43. The van der Waals surface area contributed by atoms with Gasteiger partial charge in [0.2, 0.25) is 0 Å². The van der Waals surface area contributed by atoms with Gasteiger partial charge in [-0.05, 0) is 24.5 Å². The van der Waals surface area contributed by atoms with Gasteiger partial charge in [0.15, 0.2) is 0 Å². The first kappa shape index (κ1) is 16.6. The number of phenols is 1. The highest BCUT2D eigenvalue weighted by Gasteiger charge is 2.33. The van der Waals surface area contributed by atoms with Gasteiger partial charge in [0.1, 0.15) is 5.75 Å². The molecule has 0 amide bonds. The molecule has 2 aromatic carbocycles. The Balaban J connectivity index is 2.41. The second-order valence-electron chi connectivity index (χ2n) is 6.13. The average Bonchev–Trinajstić information content (AvgIpc) is 2.57. The molecule has 0 aliphatic carbocycles. The topological polar surface area (TPSA) is 20.2 Å². The van der Waals surface area contributed by atoms with E-state index in [-0.39, 0.29) is 5.41 Å². The fourth-order valence-electron chi connectivity index (χ4n) is 3.49. The molecule has 0 spiro atoms. The van der Waals surface area contributed by atoms with E-state index >= 15 is 0 Å². The molecule has 2 rings (SSSR count). The average molecular weight is 296 g/mol. The summed E-state index contributed by atoms with van der Waals surface area (Å²) in [6, 6.07) is 18.5. The first-order chi connectivity index (χ1) is 10.7. The summed E-state index contributed by atoms with van der Waals surface area (Å²) in [6.07, 6.45) is 7.09. The summed E-state index contributed by atoms with van der Waals surface area (Å²) in [6.45, 7) is 4.48. The van der Waals surface area contributed by atoms with Crippen LogP contribution in [0.2, 0.25) is 0 Å². The van der Waals surface area contributed by atoms with Gasteiger partial charge >= 0.3 is 0 Å². The van der Waals surface area contributed by atoms with Crippen LogP contribution < -0.4 is 0 Å². The molecule has 0 heterocycles. The summed E-state index contributed by atoms with van der Waals surface area (Å²) in [4.78, 5) is 0. The third-order valence-corrected chi connectivity index (χ3v) is 4.81. The second-order valence-corrected chi connectivity index (χ2v) is 6.13. The molecule has 0 aliphatic rings. The molecule has 1 N–H and O–H groups in total. The zero-order valence-electron chi connectivity index (χ0n) is 13.9. The summed E-state index contributed by atoms with van der Waals surface area (Å²) in [7, 11) is 0. The maximum atomic E-state index is 10.4. The van der Waals surface area contributed by atoms with Gasteiger partial charge in [-0.15, -0.1) is 0 Å². The van der Waals surface area contributed by atoms with E-state index in [4.69, 9.17) is 0 Å². The predicted octanol–water partition coefficient (Wildman–Crippen LogP) is 6.06. The first-order valence-corrected chi connectivity index (χ1v) is 8.58. The Bertz CT molecular complexity index is 561. The van der Waals surface area contributed by atoms with Crippen LogP contribution in [0.4, 0.5) is 0 Å². The van der Waals surface area contributed by atoms with Crippen LogP contribution in [0.15, 0.2) is 54.6 Å². The van der Waals surface area contributed by atoms with Crippen LogP contribution in [0.5, 0.6) is 5.75 Å². The molecular weight excluding hydrogens is 268 g/mol. The largest absolute Gasteiger partial charge is 0.508 e. The molecule has 1 unspecified atom stereocenters. The minimum Gasteiger partial charge on any atom is -0.508 e. The van der Waals surface area contributed by atoms with E-state index in [2.05, 4.69) is 50.2 Å². The Kier molecular flexibility index (Phi) is 6.06. The minimum absolute atomic E-state index is 0.0830. The van der Waals surface area contributed by atoms with Gasteiger partial charge in [-0.2, -0.15) is 0 Å². The molecule has 0 saturated carbocycles. The van der Waals surface area contributed by atoms with Crippen LogP contribution >= 0.6 is 0 Å². The van der Waals surface area contributed by atoms with Crippen molar-refractivity contribution in [3.8, 4) is 5.75 Å². The lowest BCUT2D eigenvalue weighted by Crippen LogP contribution is -2.27. The van der Waals surface area contributed by atoms with E-state index in [1.165, 1.54) is 31.2 Å². The van der Waals surface area contributed by atoms with Crippen molar-refractivity contribution in [2.45, 2.75) is 57.8 Å². The van der Waals surface area contributed by atoms with Gasteiger partial charge < -0.3 is 5.11 Å². The second kappa shape index (κ2) is 8.03. The van der Waals surface area contributed by atoms with Crippen molar-refractivity contribution in [3.63, 3.8) is 0 Å². The Morgan fingerprint density at radius 1 is 0.818 bits per heavy atom. The standard InChI is InChI=1S/C21H28O/c1-3-5-6-12-17-21(4-2,18-13-8-7-9-14-18)19-15-10-11-16-20(19)22/h7-11,13-16,22H,3-6,12,17H2,1-2H3.